The number of carbonyl (C=O) groups is 1. The molecule has 3 aliphatic rings. The highest BCUT2D eigenvalue weighted by molar-refractivity contribution is 5.74. The van der Waals surface area contributed by atoms with Crippen molar-refractivity contribution in [2.45, 2.75) is 32.4 Å². The van der Waals surface area contributed by atoms with Crippen LogP contribution in [0.1, 0.15) is 30.4 Å². The van der Waals surface area contributed by atoms with Gasteiger partial charge in [-0.3, -0.25) is 4.90 Å². The number of carbonyl (C=O) groups excluding carboxylic acids is 1. The van der Waals surface area contributed by atoms with E-state index in [1.165, 1.54) is 30.4 Å². The summed E-state index contributed by atoms with van der Waals surface area (Å²) in [6.07, 6.45) is 3.96. The van der Waals surface area contributed by atoms with Crippen LogP contribution < -0.4 is 5.32 Å². The molecule has 1 aromatic rings. The summed E-state index contributed by atoms with van der Waals surface area (Å²) in [6.45, 7) is 7.13. The Labute approximate surface area is 150 Å². The van der Waals surface area contributed by atoms with E-state index < -0.39 is 0 Å². The van der Waals surface area contributed by atoms with Crippen molar-refractivity contribution < 1.29 is 9.53 Å². The van der Waals surface area contributed by atoms with Gasteiger partial charge in [-0.15, -0.1) is 0 Å². The highest BCUT2D eigenvalue weighted by atomic mass is 16.5. The smallest absolute Gasteiger partial charge is 0.317 e. The number of morpholine rings is 1. The van der Waals surface area contributed by atoms with Gasteiger partial charge in [0.2, 0.25) is 0 Å². The summed E-state index contributed by atoms with van der Waals surface area (Å²) in [5.74, 6) is 1.50. The summed E-state index contributed by atoms with van der Waals surface area (Å²) in [4.78, 5) is 16.9. The van der Waals surface area contributed by atoms with Crippen LogP contribution in [-0.4, -0.2) is 55.2 Å². The molecular weight excluding hydrogens is 314 g/mol. The molecule has 5 nitrogen and oxygen atoms in total. The largest absolute Gasteiger partial charge is 0.379 e. The van der Waals surface area contributed by atoms with Crippen molar-refractivity contribution in [3.8, 4) is 0 Å². The molecule has 2 heterocycles. The first-order chi connectivity index (χ1) is 12.3. The molecule has 0 aromatic heterocycles. The summed E-state index contributed by atoms with van der Waals surface area (Å²) in [5.41, 5.74) is 2.49. The number of nitrogens with one attached hydrogen (secondary N) is 1. The highest BCUT2D eigenvalue weighted by Gasteiger charge is 2.37. The number of likely N-dealkylation sites (tertiary alicyclic amines) is 1. The molecule has 2 amide bonds. The Balaban J connectivity index is 1.27. The van der Waals surface area contributed by atoms with Gasteiger partial charge in [0.15, 0.2) is 0 Å². The molecule has 0 radical (unpaired) electrons. The van der Waals surface area contributed by atoms with Crippen molar-refractivity contribution in [1.82, 2.24) is 15.1 Å². The standard InChI is InChI=1S/C20H29N3O2/c24-20(23-14-18-5-2-6-19(18)15-23)21-12-16-3-1-4-17(11-16)13-22-7-9-25-10-8-22/h1,3-4,11,18-19H,2,5-10,12-15H2,(H,21,24)/t18-,19-/m0/s1. The third-order valence-electron chi connectivity index (χ3n) is 5.96. The van der Waals surface area contributed by atoms with Gasteiger partial charge in [0, 0.05) is 39.3 Å². The van der Waals surface area contributed by atoms with Crippen LogP contribution >= 0.6 is 0 Å². The van der Waals surface area contributed by atoms with E-state index >= 15 is 0 Å². The molecular formula is C20H29N3O2. The van der Waals surface area contributed by atoms with E-state index in [1.54, 1.807) is 0 Å². The van der Waals surface area contributed by atoms with Crippen LogP contribution in [0.2, 0.25) is 0 Å². The Morgan fingerprint density at radius 1 is 1.12 bits per heavy atom. The van der Waals surface area contributed by atoms with E-state index in [0.29, 0.717) is 6.54 Å². The van der Waals surface area contributed by atoms with E-state index in [0.717, 1.165) is 57.8 Å². The number of nitrogens with zero attached hydrogens (tertiary/aromatic N) is 2. The lowest BCUT2D eigenvalue weighted by atomic mass is 10.0. The summed E-state index contributed by atoms with van der Waals surface area (Å²) in [7, 11) is 0. The Morgan fingerprint density at radius 2 is 1.84 bits per heavy atom. The fourth-order valence-electron chi connectivity index (χ4n) is 4.55. The minimum atomic E-state index is 0.105. The fourth-order valence-corrected chi connectivity index (χ4v) is 4.55. The Morgan fingerprint density at radius 3 is 2.60 bits per heavy atom. The van der Waals surface area contributed by atoms with E-state index in [4.69, 9.17) is 4.74 Å². The van der Waals surface area contributed by atoms with Gasteiger partial charge in [0.05, 0.1) is 13.2 Å². The molecule has 0 unspecified atom stereocenters. The highest BCUT2D eigenvalue weighted by Crippen LogP contribution is 2.37. The van der Waals surface area contributed by atoms with Gasteiger partial charge in [0.25, 0.3) is 0 Å². The van der Waals surface area contributed by atoms with Crippen molar-refractivity contribution in [3.63, 3.8) is 0 Å². The molecule has 0 spiro atoms. The quantitative estimate of drug-likeness (QED) is 0.913. The lowest BCUT2D eigenvalue weighted by Gasteiger charge is -2.26. The zero-order chi connectivity index (χ0) is 17.1. The van der Waals surface area contributed by atoms with E-state index in [-0.39, 0.29) is 6.03 Å². The average Bonchev–Trinajstić information content (AvgIpc) is 3.23. The van der Waals surface area contributed by atoms with Gasteiger partial charge in [-0.25, -0.2) is 4.79 Å². The number of hydrogen-bond acceptors (Lipinski definition) is 3. The molecule has 1 aromatic carbocycles. The topological polar surface area (TPSA) is 44.8 Å². The number of amides is 2. The molecule has 2 aliphatic heterocycles. The molecule has 3 fully saturated rings. The third-order valence-corrected chi connectivity index (χ3v) is 5.96. The monoisotopic (exact) mass is 343 g/mol. The van der Waals surface area contributed by atoms with Crippen molar-refractivity contribution in [2.24, 2.45) is 11.8 Å². The molecule has 2 atom stereocenters. The molecule has 1 N–H and O–H groups in total. The fraction of sp³-hybridized carbons (Fsp3) is 0.650. The minimum Gasteiger partial charge on any atom is -0.379 e. The van der Waals surface area contributed by atoms with Crippen molar-refractivity contribution in [1.29, 1.82) is 0 Å². The first kappa shape index (κ1) is 16.9. The number of urea groups is 1. The lowest BCUT2D eigenvalue weighted by molar-refractivity contribution is 0.0342. The molecule has 25 heavy (non-hydrogen) atoms. The van der Waals surface area contributed by atoms with Crippen molar-refractivity contribution in [3.05, 3.63) is 35.4 Å². The maximum atomic E-state index is 12.4. The average molecular weight is 343 g/mol. The van der Waals surface area contributed by atoms with Gasteiger partial charge in [0.1, 0.15) is 0 Å². The van der Waals surface area contributed by atoms with E-state index in [2.05, 4.69) is 34.5 Å². The summed E-state index contributed by atoms with van der Waals surface area (Å²) < 4.78 is 5.41. The molecule has 4 rings (SSSR count). The number of hydrogen-bond donors (Lipinski definition) is 1. The van der Waals surface area contributed by atoms with Gasteiger partial charge in [-0.2, -0.15) is 0 Å². The van der Waals surface area contributed by atoms with Crippen LogP contribution in [0.4, 0.5) is 4.79 Å². The maximum absolute atomic E-state index is 12.4. The number of rotatable bonds is 4. The van der Waals surface area contributed by atoms with Gasteiger partial charge in [-0.1, -0.05) is 30.7 Å². The maximum Gasteiger partial charge on any atom is 0.317 e. The first-order valence-electron chi connectivity index (χ1n) is 9.68. The molecule has 0 bridgehead atoms. The van der Waals surface area contributed by atoms with Gasteiger partial charge >= 0.3 is 6.03 Å². The van der Waals surface area contributed by atoms with Crippen LogP contribution in [0.25, 0.3) is 0 Å². The van der Waals surface area contributed by atoms with Crippen LogP contribution in [0.3, 0.4) is 0 Å². The molecule has 2 saturated heterocycles. The molecule has 136 valence electrons. The molecule has 1 saturated carbocycles. The Hall–Kier alpha value is -1.59. The second-order valence-corrected chi connectivity index (χ2v) is 7.72. The Kier molecular flexibility index (Phi) is 5.22. The zero-order valence-corrected chi connectivity index (χ0v) is 15.0. The van der Waals surface area contributed by atoms with Crippen molar-refractivity contribution >= 4 is 6.03 Å². The lowest BCUT2D eigenvalue weighted by Crippen LogP contribution is -2.38. The number of benzene rings is 1. The number of fused-ring (bicyclic) bond motifs is 1. The summed E-state index contributed by atoms with van der Waals surface area (Å²) in [6, 6.07) is 8.68. The van der Waals surface area contributed by atoms with Crippen LogP contribution in [0.15, 0.2) is 24.3 Å². The van der Waals surface area contributed by atoms with Crippen LogP contribution in [-0.2, 0) is 17.8 Å². The molecule has 1 aliphatic carbocycles. The second kappa shape index (κ2) is 7.75. The predicted octanol–water partition coefficient (Wildman–Crippen LogP) is 2.46. The number of ether oxygens (including phenoxy) is 1. The van der Waals surface area contributed by atoms with Crippen LogP contribution in [0, 0.1) is 11.8 Å². The van der Waals surface area contributed by atoms with E-state index in [1.807, 2.05) is 4.90 Å². The molecule has 5 heteroatoms. The van der Waals surface area contributed by atoms with Gasteiger partial charge < -0.3 is 15.0 Å². The van der Waals surface area contributed by atoms with Gasteiger partial charge in [-0.05, 0) is 35.8 Å². The zero-order valence-electron chi connectivity index (χ0n) is 15.0. The van der Waals surface area contributed by atoms with Crippen molar-refractivity contribution in [2.75, 3.05) is 39.4 Å². The second-order valence-electron chi connectivity index (χ2n) is 7.72. The normalized spacial score (nSPS) is 26.6. The Bertz CT molecular complexity index is 588. The first-order valence-corrected chi connectivity index (χ1v) is 9.68. The summed E-state index contributed by atoms with van der Waals surface area (Å²) >= 11 is 0. The predicted molar refractivity (Wildman–Crippen MR) is 97.2 cm³/mol. The third kappa shape index (κ3) is 4.15. The SMILES string of the molecule is O=C(NCc1cccc(CN2CCOCC2)c1)N1C[C@@H]2CCC[C@H]2C1. The minimum absolute atomic E-state index is 0.105. The van der Waals surface area contributed by atoms with E-state index in [9.17, 15) is 4.79 Å². The summed E-state index contributed by atoms with van der Waals surface area (Å²) in [5, 5.41) is 3.11. The van der Waals surface area contributed by atoms with Crippen LogP contribution in [0.5, 0.6) is 0 Å².